The monoisotopic (exact) mass is 401 g/mol. The van der Waals surface area contributed by atoms with Crippen molar-refractivity contribution < 1.29 is 19.3 Å². The zero-order valence-corrected chi connectivity index (χ0v) is 14.5. The van der Waals surface area contributed by atoms with Gasteiger partial charge in [0.1, 0.15) is 18.3 Å². The first-order valence-corrected chi connectivity index (χ1v) is 8.15. The van der Waals surface area contributed by atoms with E-state index in [9.17, 15) is 9.90 Å². The highest BCUT2D eigenvalue weighted by molar-refractivity contribution is 9.10. The van der Waals surface area contributed by atoms with Crippen LogP contribution in [0.2, 0.25) is 0 Å². The molecule has 4 N–H and O–H groups in total. The van der Waals surface area contributed by atoms with Gasteiger partial charge >= 0.3 is 0 Å². The fourth-order valence-corrected chi connectivity index (χ4v) is 3.76. The number of nitrogens with one attached hydrogen (secondary N) is 1. The van der Waals surface area contributed by atoms with Crippen molar-refractivity contribution in [3.8, 4) is 0 Å². The highest BCUT2D eigenvalue weighted by Crippen LogP contribution is 2.44. The number of nitrogens with zero attached hydrogens (tertiary/aromatic N) is 3. The Bertz CT molecular complexity index is 864. The van der Waals surface area contributed by atoms with Crippen LogP contribution in [0.25, 0.3) is 11.2 Å². The summed E-state index contributed by atoms with van der Waals surface area (Å²) in [4.78, 5) is 22.8. The molecular formula is C13H16BrN5O5. The molecule has 0 spiro atoms. The first-order chi connectivity index (χ1) is 11.3. The lowest BCUT2D eigenvalue weighted by Gasteiger charge is -2.24. The van der Waals surface area contributed by atoms with Crippen molar-refractivity contribution in [1.82, 2.24) is 19.5 Å². The predicted molar refractivity (Wildman–Crippen MR) is 85.1 cm³/mol. The van der Waals surface area contributed by atoms with E-state index in [1.807, 2.05) is 0 Å². The van der Waals surface area contributed by atoms with Crippen LogP contribution in [0, 0.1) is 0 Å². The van der Waals surface area contributed by atoms with Crippen LogP contribution in [0.5, 0.6) is 0 Å². The molecule has 0 saturated carbocycles. The summed E-state index contributed by atoms with van der Waals surface area (Å²) in [5.41, 5.74) is 5.58. The van der Waals surface area contributed by atoms with Gasteiger partial charge in [-0.2, -0.15) is 4.98 Å². The van der Waals surface area contributed by atoms with Crippen LogP contribution < -0.4 is 11.3 Å². The van der Waals surface area contributed by atoms with E-state index in [1.165, 1.54) is 0 Å². The average Bonchev–Trinajstić information content (AvgIpc) is 3.07. The topological polar surface area (TPSA) is 138 Å². The van der Waals surface area contributed by atoms with Crippen LogP contribution in [0.15, 0.2) is 9.53 Å². The van der Waals surface area contributed by atoms with Gasteiger partial charge in [0.25, 0.3) is 5.56 Å². The van der Waals surface area contributed by atoms with Gasteiger partial charge in [-0.05, 0) is 29.8 Å². The number of imidazole rings is 1. The van der Waals surface area contributed by atoms with Crippen LogP contribution in [0.3, 0.4) is 0 Å². The minimum atomic E-state index is -0.808. The molecule has 0 radical (unpaired) electrons. The summed E-state index contributed by atoms with van der Waals surface area (Å²) in [5.74, 6) is -0.837. The molecule has 4 rings (SSSR count). The van der Waals surface area contributed by atoms with Crippen LogP contribution in [0.4, 0.5) is 5.95 Å². The van der Waals surface area contributed by atoms with Crippen molar-refractivity contribution in [3.63, 3.8) is 0 Å². The molecule has 2 aliphatic heterocycles. The van der Waals surface area contributed by atoms with E-state index in [0.717, 1.165) is 0 Å². The summed E-state index contributed by atoms with van der Waals surface area (Å²) < 4.78 is 19.6. The van der Waals surface area contributed by atoms with Crippen molar-refractivity contribution in [2.45, 2.75) is 44.2 Å². The molecule has 24 heavy (non-hydrogen) atoms. The molecule has 130 valence electrons. The summed E-state index contributed by atoms with van der Waals surface area (Å²) in [6.07, 6.45) is -2.18. The molecule has 0 aromatic carbocycles. The molecule has 11 heteroatoms. The van der Waals surface area contributed by atoms with E-state index in [-0.39, 0.29) is 23.7 Å². The van der Waals surface area contributed by atoms with Gasteiger partial charge in [0.05, 0.1) is 6.61 Å². The number of halogens is 1. The molecule has 2 aromatic rings. The Morgan fingerprint density at radius 1 is 1.38 bits per heavy atom. The van der Waals surface area contributed by atoms with Crippen LogP contribution in [-0.2, 0) is 14.2 Å². The molecule has 4 atom stereocenters. The Morgan fingerprint density at radius 3 is 2.79 bits per heavy atom. The Labute approximate surface area is 144 Å². The summed E-state index contributed by atoms with van der Waals surface area (Å²) in [5, 5.41) is 9.58. The SMILES string of the molecule is CC1(C)O[C@H]2[C@H](O1)[C@H](n1c(Br)nc3c(=O)[nH]c(N)nc31)O[C@H]2CO. The Kier molecular flexibility index (Phi) is 3.48. The number of fused-ring (bicyclic) bond motifs is 2. The minimum absolute atomic E-state index is 0.0293. The molecule has 2 aromatic heterocycles. The quantitative estimate of drug-likeness (QED) is 0.591. The maximum absolute atomic E-state index is 12.0. The number of aliphatic hydroxyl groups excluding tert-OH is 1. The maximum Gasteiger partial charge on any atom is 0.280 e. The van der Waals surface area contributed by atoms with Crippen molar-refractivity contribution in [3.05, 3.63) is 15.1 Å². The average molecular weight is 402 g/mol. The van der Waals surface area contributed by atoms with Gasteiger partial charge in [-0.1, -0.05) is 0 Å². The summed E-state index contributed by atoms with van der Waals surface area (Å²) in [6, 6.07) is 0. The number of nitrogen functional groups attached to an aromatic ring is 1. The molecule has 2 aliphatic rings. The Hall–Kier alpha value is -1.53. The zero-order chi connectivity index (χ0) is 17.2. The summed E-state index contributed by atoms with van der Waals surface area (Å²) >= 11 is 3.33. The van der Waals surface area contributed by atoms with Crippen molar-refractivity contribution in [2.24, 2.45) is 0 Å². The first-order valence-electron chi connectivity index (χ1n) is 7.36. The molecule has 2 saturated heterocycles. The number of rotatable bonds is 2. The fourth-order valence-electron chi connectivity index (χ4n) is 3.21. The first kappa shape index (κ1) is 16.0. The minimum Gasteiger partial charge on any atom is -0.394 e. The van der Waals surface area contributed by atoms with Crippen LogP contribution >= 0.6 is 15.9 Å². The predicted octanol–water partition coefficient (Wildman–Crippen LogP) is -0.126. The van der Waals surface area contributed by atoms with E-state index in [0.29, 0.717) is 4.73 Å². The third-order valence-corrected chi connectivity index (χ3v) is 4.64. The molecule has 0 bridgehead atoms. The molecule has 2 fully saturated rings. The second-order valence-corrected chi connectivity index (χ2v) is 6.90. The smallest absolute Gasteiger partial charge is 0.280 e. The summed E-state index contributed by atoms with van der Waals surface area (Å²) in [7, 11) is 0. The van der Waals surface area contributed by atoms with E-state index >= 15 is 0 Å². The van der Waals surface area contributed by atoms with Crippen molar-refractivity contribution in [1.29, 1.82) is 0 Å². The molecule has 4 heterocycles. The largest absolute Gasteiger partial charge is 0.394 e. The lowest BCUT2D eigenvalue weighted by molar-refractivity contribution is -0.200. The third kappa shape index (κ3) is 2.27. The number of H-pyrrole nitrogens is 1. The molecule has 0 aliphatic carbocycles. The number of aromatic nitrogens is 4. The number of hydrogen-bond acceptors (Lipinski definition) is 8. The molecule has 0 amide bonds. The molecular weight excluding hydrogens is 386 g/mol. The van der Waals surface area contributed by atoms with E-state index in [2.05, 4.69) is 30.9 Å². The lowest BCUT2D eigenvalue weighted by atomic mass is 10.1. The Balaban J connectivity index is 1.86. The van der Waals surface area contributed by atoms with Crippen molar-refractivity contribution >= 4 is 33.0 Å². The highest BCUT2D eigenvalue weighted by Gasteiger charge is 2.56. The summed E-state index contributed by atoms with van der Waals surface area (Å²) in [6.45, 7) is 3.36. The van der Waals surface area contributed by atoms with Gasteiger partial charge in [-0.15, -0.1) is 0 Å². The standard InChI is InChI=1S/C13H16BrN5O5/c1-13(2)23-6-4(3-20)22-10(7(6)24-13)19-8-5(16-11(19)14)9(21)18-12(15)17-8/h4,6-7,10,20H,3H2,1-2H3,(H3,15,17,18,21)/t4-,6+,7-,10+/m0/s1. The second-order valence-electron chi connectivity index (χ2n) is 6.19. The maximum atomic E-state index is 12.0. The van der Waals surface area contributed by atoms with E-state index < -0.39 is 35.9 Å². The van der Waals surface area contributed by atoms with Crippen LogP contribution in [-0.4, -0.2) is 55.3 Å². The number of hydrogen-bond donors (Lipinski definition) is 3. The van der Waals surface area contributed by atoms with Gasteiger partial charge in [0, 0.05) is 0 Å². The van der Waals surface area contributed by atoms with Gasteiger partial charge in [-0.25, -0.2) is 4.98 Å². The number of ether oxygens (including phenoxy) is 3. The second kappa shape index (κ2) is 5.23. The zero-order valence-electron chi connectivity index (χ0n) is 12.9. The van der Waals surface area contributed by atoms with Crippen molar-refractivity contribution in [2.75, 3.05) is 12.3 Å². The van der Waals surface area contributed by atoms with Gasteiger partial charge < -0.3 is 25.1 Å². The number of aromatic amines is 1. The lowest BCUT2D eigenvalue weighted by Crippen LogP contribution is -2.31. The van der Waals surface area contributed by atoms with Gasteiger partial charge in [0.2, 0.25) is 5.95 Å². The third-order valence-electron chi connectivity index (χ3n) is 4.09. The van der Waals surface area contributed by atoms with Crippen LogP contribution in [0.1, 0.15) is 20.1 Å². The number of anilines is 1. The fraction of sp³-hybridized carbons (Fsp3) is 0.615. The number of nitrogens with two attached hydrogens (primary N) is 1. The Morgan fingerprint density at radius 2 is 2.08 bits per heavy atom. The highest BCUT2D eigenvalue weighted by atomic mass is 79.9. The van der Waals surface area contributed by atoms with E-state index in [1.54, 1.807) is 18.4 Å². The van der Waals surface area contributed by atoms with E-state index in [4.69, 9.17) is 19.9 Å². The normalized spacial score (nSPS) is 31.7. The molecule has 0 unspecified atom stereocenters. The van der Waals surface area contributed by atoms with Gasteiger partial charge in [0.15, 0.2) is 27.9 Å². The number of aliphatic hydroxyl groups is 1. The van der Waals surface area contributed by atoms with Gasteiger partial charge in [-0.3, -0.25) is 14.3 Å². The molecule has 10 nitrogen and oxygen atoms in total.